The molecule has 0 saturated heterocycles. The minimum Gasteiger partial charge on any atom is -0.343 e. The molecule has 0 radical (unpaired) electrons. The molecule has 0 aliphatic carbocycles. The Morgan fingerprint density at radius 3 is 1.79 bits per heavy atom. The number of unbranched alkanes of at least 4 members (excludes halogenated alkanes) is 7. The Kier molecular flexibility index (Phi) is 24.6. The normalized spacial score (nSPS) is 10.3. The van der Waals surface area contributed by atoms with Crippen LogP contribution in [0.5, 0.6) is 0 Å². The maximum absolute atomic E-state index is 9.60. The fraction of sp³-hybridized carbons (Fsp3) is 0.917. The summed E-state index contributed by atoms with van der Waals surface area (Å²) in [4.78, 5) is 3.86. The van der Waals surface area contributed by atoms with Gasteiger partial charge in [-0.25, -0.2) is 4.89 Å². The van der Waals surface area contributed by atoms with Crippen molar-refractivity contribution in [1.82, 2.24) is 0 Å². The molecule has 1 N–H and O–H groups in total. The maximum atomic E-state index is 9.60. The van der Waals surface area contributed by atoms with E-state index in [9.17, 15) is 8.42 Å². The van der Waals surface area contributed by atoms with Crippen molar-refractivity contribution in [2.24, 2.45) is 0 Å². The summed E-state index contributed by atoms with van der Waals surface area (Å²) in [6.45, 7) is 7.67. The first-order valence-electron chi connectivity index (χ1n) is 6.55. The van der Waals surface area contributed by atoms with Gasteiger partial charge in [0.15, 0.2) is 0 Å². The molecule has 0 fully saturated rings. The topological polar surface area (TPSA) is 72.8 Å². The first kappa shape index (κ1) is 24.8. The molecule has 0 unspecified atom stereocenters. The van der Waals surface area contributed by atoms with Gasteiger partial charge in [-0.1, -0.05) is 56.2 Å². The summed E-state index contributed by atoms with van der Waals surface area (Å²) in [7, 11) is -4.41. The van der Waals surface area contributed by atoms with E-state index in [1.54, 1.807) is 0 Å². The summed E-state index contributed by atoms with van der Waals surface area (Å²) in [6, 6.07) is 0. The molecule has 5 nitrogen and oxygen atoms in total. The Bertz CT molecular complexity index is 237. The molecule has 0 rings (SSSR count). The summed E-state index contributed by atoms with van der Waals surface area (Å²) in [5.41, 5.74) is 0. The average Bonchev–Trinajstić information content (AvgIpc) is 2.31. The molecular weight excluding hydrogens is 279 g/mol. The van der Waals surface area contributed by atoms with Gasteiger partial charge in [-0.15, -0.1) is 0 Å². The Labute approximate surface area is 140 Å². The van der Waals surface area contributed by atoms with Gasteiger partial charge < -0.3 is 6.92 Å². The van der Waals surface area contributed by atoms with Crippen LogP contribution in [-0.4, -0.2) is 19.6 Å². The molecule has 0 atom stereocenters. The van der Waals surface area contributed by atoms with E-state index in [0.29, 0.717) is 0 Å². The molecule has 112 valence electrons. The molecule has 0 aromatic rings. The predicted molar refractivity (Wildman–Crippen MR) is 72.2 cm³/mol. The van der Waals surface area contributed by atoms with Crippen LogP contribution in [0, 0.1) is 6.92 Å². The van der Waals surface area contributed by atoms with Crippen molar-refractivity contribution in [2.45, 2.75) is 65.2 Å². The first-order valence-corrected chi connectivity index (χ1v) is 7.92. The zero-order valence-electron chi connectivity index (χ0n) is 12.6. The van der Waals surface area contributed by atoms with Gasteiger partial charge in [0.2, 0.25) is 0 Å². The van der Waals surface area contributed by atoms with Crippen molar-refractivity contribution in [3.05, 3.63) is 6.92 Å². The van der Waals surface area contributed by atoms with Gasteiger partial charge in [0, 0.05) is 0 Å². The van der Waals surface area contributed by atoms with Crippen LogP contribution in [0.15, 0.2) is 0 Å². The minimum absolute atomic E-state index is 0. The monoisotopic (exact) mass is 306 g/mol. The van der Waals surface area contributed by atoms with Crippen molar-refractivity contribution in [2.75, 3.05) is 6.61 Å². The average molecular weight is 306 g/mol. The predicted octanol–water partition coefficient (Wildman–Crippen LogP) is 0.722. The van der Waals surface area contributed by atoms with Crippen LogP contribution in [-0.2, 0) is 19.6 Å². The molecule has 0 aliphatic heterocycles. The van der Waals surface area contributed by atoms with Crippen LogP contribution in [0.25, 0.3) is 0 Å². The molecule has 19 heavy (non-hydrogen) atoms. The third-order valence-electron chi connectivity index (χ3n) is 2.11. The Morgan fingerprint density at radius 2 is 1.47 bits per heavy atom. The van der Waals surface area contributed by atoms with Crippen molar-refractivity contribution >= 4 is 10.4 Å². The van der Waals surface area contributed by atoms with Gasteiger partial charge >= 0.3 is 40.0 Å². The molecule has 0 amide bonds. The van der Waals surface area contributed by atoms with Gasteiger partial charge in [0.1, 0.15) is 0 Å². The standard InChI is InChI=1S/C10H21.C2H6O5S.Na/c1-3-5-7-9-10-8-6-4-2;1-2-6-7-8(3,4)5;/h1,3-10H2,2H3;2H2,1H3,(H,3,4,5);/q-1;;+1. The maximum Gasteiger partial charge on any atom is 1.00 e. The number of hydrogen-bond acceptors (Lipinski definition) is 4. The third kappa shape index (κ3) is 32.4. The van der Waals surface area contributed by atoms with Gasteiger partial charge in [0.05, 0.1) is 6.61 Å². The van der Waals surface area contributed by atoms with Crippen LogP contribution >= 0.6 is 0 Å². The van der Waals surface area contributed by atoms with Gasteiger partial charge in [-0.2, -0.15) is 14.8 Å². The number of rotatable bonds is 10. The molecule has 0 bridgehead atoms. The van der Waals surface area contributed by atoms with E-state index in [0.717, 1.165) is 6.42 Å². The van der Waals surface area contributed by atoms with E-state index in [-0.39, 0.29) is 36.2 Å². The molecule has 0 aromatic carbocycles. The number of hydrogen-bond donors (Lipinski definition) is 1. The van der Waals surface area contributed by atoms with Crippen molar-refractivity contribution in [3.8, 4) is 0 Å². The quantitative estimate of drug-likeness (QED) is 0.161. The molecule has 0 aliphatic rings. The summed E-state index contributed by atoms with van der Waals surface area (Å²) < 4.78 is 30.4. The van der Waals surface area contributed by atoms with Gasteiger partial charge in [-0.05, 0) is 6.92 Å². The van der Waals surface area contributed by atoms with Gasteiger partial charge in [-0.3, -0.25) is 4.55 Å². The van der Waals surface area contributed by atoms with Crippen LogP contribution in [0.3, 0.4) is 0 Å². The Hall–Kier alpha value is 0.830. The van der Waals surface area contributed by atoms with Gasteiger partial charge in [0.25, 0.3) is 0 Å². The zero-order valence-corrected chi connectivity index (χ0v) is 15.4. The van der Waals surface area contributed by atoms with Crippen LogP contribution in [0.2, 0.25) is 0 Å². The summed E-state index contributed by atoms with van der Waals surface area (Å²) in [5, 5.41) is 0. The van der Waals surface area contributed by atoms with E-state index < -0.39 is 10.4 Å². The SMILES string of the molecule is CCOOS(=O)(=O)O.[CH2-]CCCCCCCCC.[Na+]. The second kappa shape index (κ2) is 18.8. The second-order valence-corrected chi connectivity index (χ2v) is 4.87. The minimum atomic E-state index is -4.41. The Morgan fingerprint density at radius 1 is 1.00 bits per heavy atom. The molecular formula is C12H27NaO5S. The van der Waals surface area contributed by atoms with Crippen LogP contribution in [0.1, 0.15) is 65.2 Å². The third-order valence-corrected chi connectivity index (χ3v) is 2.37. The zero-order chi connectivity index (χ0) is 14.3. The fourth-order valence-electron chi connectivity index (χ4n) is 1.24. The molecule has 0 heterocycles. The van der Waals surface area contributed by atoms with Crippen LogP contribution < -0.4 is 29.6 Å². The Balaban J connectivity index is -0.000000262. The second-order valence-electron chi connectivity index (χ2n) is 3.88. The summed E-state index contributed by atoms with van der Waals surface area (Å²) >= 11 is 0. The summed E-state index contributed by atoms with van der Waals surface area (Å²) in [5.74, 6) is 0. The smallest absolute Gasteiger partial charge is 0.343 e. The largest absolute Gasteiger partial charge is 1.00 e. The van der Waals surface area contributed by atoms with E-state index >= 15 is 0 Å². The van der Waals surface area contributed by atoms with Crippen molar-refractivity contribution in [3.63, 3.8) is 0 Å². The molecule has 7 heteroatoms. The molecule has 0 saturated carbocycles. The van der Waals surface area contributed by atoms with E-state index in [1.807, 2.05) is 0 Å². The van der Waals surface area contributed by atoms with Crippen molar-refractivity contribution < 1.29 is 51.7 Å². The van der Waals surface area contributed by atoms with Crippen molar-refractivity contribution in [1.29, 1.82) is 0 Å². The molecule has 0 spiro atoms. The van der Waals surface area contributed by atoms with E-state index in [4.69, 9.17) is 4.55 Å². The van der Waals surface area contributed by atoms with Crippen LogP contribution in [0.4, 0.5) is 0 Å². The first-order chi connectivity index (χ1) is 8.47. The summed E-state index contributed by atoms with van der Waals surface area (Å²) in [6.07, 6.45) is 10.9. The van der Waals surface area contributed by atoms with E-state index in [1.165, 1.54) is 51.9 Å². The fourth-order valence-corrected chi connectivity index (χ4v) is 1.46. The van der Waals surface area contributed by atoms with E-state index in [2.05, 4.69) is 23.1 Å². The molecule has 0 aromatic heterocycles.